The summed E-state index contributed by atoms with van der Waals surface area (Å²) >= 11 is 0. The van der Waals surface area contributed by atoms with Gasteiger partial charge in [-0.3, -0.25) is 0 Å². The summed E-state index contributed by atoms with van der Waals surface area (Å²) in [6.45, 7) is 2.28. The molecule has 0 heterocycles. The molecule has 8 aromatic rings. The Labute approximate surface area is 365 Å². The molecule has 0 saturated heterocycles. The van der Waals surface area contributed by atoms with Crippen LogP contribution >= 0.6 is 0 Å². The van der Waals surface area contributed by atoms with Crippen LogP contribution in [-0.4, -0.2) is 36.2 Å². The lowest BCUT2D eigenvalue weighted by atomic mass is 10.1. The van der Waals surface area contributed by atoms with Crippen molar-refractivity contribution in [2.24, 2.45) is 0 Å². The fourth-order valence-electron chi connectivity index (χ4n) is 8.19. The van der Waals surface area contributed by atoms with Crippen LogP contribution in [-0.2, 0) is 14.7 Å². The van der Waals surface area contributed by atoms with Crippen LogP contribution < -0.4 is 41.5 Å². The predicted octanol–water partition coefficient (Wildman–Crippen LogP) is 6.28. The normalized spacial score (nSPS) is 11.8. The van der Waals surface area contributed by atoms with Gasteiger partial charge < -0.3 is 8.23 Å². The first-order valence-electron chi connectivity index (χ1n) is 21.5. The second-order valence-electron chi connectivity index (χ2n) is 15.2. The number of unbranched alkanes of at least 4 members (excludes halogenated alkanes) is 3. The number of hydrogen-bond acceptors (Lipinski definition) is 2. The van der Waals surface area contributed by atoms with Gasteiger partial charge in [0, 0.05) is 0 Å². The van der Waals surface area contributed by atoms with E-state index >= 15 is 0 Å². The molecule has 2 nitrogen and oxygen atoms in total. The van der Waals surface area contributed by atoms with Crippen molar-refractivity contribution in [1.82, 2.24) is 0 Å². The van der Waals surface area contributed by atoms with Gasteiger partial charge in [0.1, 0.15) is 0 Å². The second kappa shape index (κ2) is 22.2. The standard InChI is InChI=1S/C30H34OSi2.C24H22OSi2/c1-2-3-4-8-17-26-18-15-16-25-30(26)33(28-21-11-6-12-22-28,29-23-13-7-14-24-29)31-32-27-19-9-5-10-20-27;1-5-13-21(14-6-1)26-25-27(22-15-7-2-8-16-22,23-17-9-3-10-18-23)24-19-11-4-12-20-24/h5-7,9-16,18-25H,2-4,8,17,32H2,1H3;1-20H,26H2. The van der Waals surface area contributed by atoms with Gasteiger partial charge in [-0.1, -0.05) is 263 Å². The number of hydrogen-bond donors (Lipinski definition) is 0. The van der Waals surface area contributed by atoms with E-state index in [1.54, 1.807) is 0 Å². The van der Waals surface area contributed by atoms with Gasteiger partial charge in [-0.25, -0.2) is 0 Å². The molecule has 300 valence electrons. The molecule has 0 spiro atoms. The summed E-state index contributed by atoms with van der Waals surface area (Å²) in [5, 5.41) is 10.7. The summed E-state index contributed by atoms with van der Waals surface area (Å²) in [5.41, 5.74) is 1.45. The van der Waals surface area contributed by atoms with Crippen molar-refractivity contribution in [2.45, 2.75) is 39.0 Å². The summed E-state index contributed by atoms with van der Waals surface area (Å²) in [5.74, 6) is 0. The molecule has 0 aliphatic carbocycles. The molecule has 0 saturated carbocycles. The zero-order valence-electron chi connectivity index (χ0n) is 34.8. The van der Waals surface area contributed by atoms with E-state index in [1.165, 1.54) is 72.7 Å². The van der Waals surface area contributed by atoms with E-state index in [0.717, 1.165) is 6.42 Å². The van der Waals surface area contributed by atoms with E-state index in [1.807, 2.05) is 0 Å². The van der Waals surface area contributed by atoms with Crippen LogP contribution in [0.15, 0.2) is 237 Å². The van der Waals surface area contributed by atoms with E-state index < -0.39 is 36.2 Å². The van der Waals surface area contributed by atoms with Crippen LogP contribution in [0.2, 0.25) is 0 Å². The molecular weight excluding hydrogens is 793 g/mol. The molecule has 0 radical (unpaired) electrons. The molecule has 0 aliphatic heterocycles. The van der Waals surface area contributed by atoms with Crippen LogP contribution in [0.5, 0.6) is 0 Å². The molecule has 8 aromatic carbocycles. The van der Waals surface area contributed by atoms with E-state index in [9.17, 15) is 0 Å². The Bertz CT molecular complexity index is 2270. The Hall–Kier alpha value is -5.45. The van der Waals surface area contributed by atoms with Gasteiger partial charge in [0.05, 0.1) is 0 Å². The SMILES string of the molecule is CCCCCCc1ccccc1[Si](O[SiH2]c1ccccc1)(c1ccccc1)c1ccccc1.c1ccc([SiH2]O[Si](c2ccccc2)(c2ccccc2)c2ccccc2)cc1. The van der Waals surface area contributed by atoms with Gasteiger partial charge in [0.2, 0.25) is 0 Å². The molecular formula is C54H56O2Si4. The van der Waals surface area contributed by atoms with Crippen LogP contribution in [0.25, 0.3) is 0 Å². The van der Waals surface area contributed by atoms with Gasteiger partial charge in [-0.2, -0.15) is 0 Å². The van der Waals surface area contributed by atoms with Gasteiger partial charge in [0.15, 0.2) is 19.5 Å². The van der Waals surface area contributed by atoms with Gasteiger partial charge in [-0.15, -0.1) is 0 Å². The molecule has 8 rings (SSSR count). The molecule has 0 atom stereocenters. The maximum Gasteiger partial charge on any atom is 0.278 e. The Morgan fingerprint density at radius 2 is 0.650 bits per heavy atom. The minimum absolute atomic E-state index is 0.885. The molecule has 0 aliphatic rings. The van der Waals surface area contributed by atoms with E-state index in [-0.39, 0.29) is 0 Å². The fraction of sp³-hybridized carbons (Fsp3) is 0.111. The lowest BCUT2D eigenvalue weighted by Gasteiger charge is -2.35. The maximum absolute atomic E-state index is 7.32. The predicted molar refractivity (Wildman–Crippen MR) is 267 cm³/mol. The first-order chi connectivity index (χ1) is 29.7. The summed E-state index contributed by atoms with van der Waals surface area (Å²) in [4.78, 5) is 0. The lowest BCUT2D eigenvalue weighted by Crippen LogP contribution is -2.71. The maximum atomic E-state index is 7.32. The van der Waals surface area contributed by atoms with Crippen molar-refractivity contribution < 1.29 is 8.23 Å². The van der Waals surface area contributed by atoms with Gasteiger partial charge in [0.25, 0.3) is 16.6 Å². The topological polar surface area (TPSA) is 18.5 Å². The highest BCUT2D eigenvalue weighted by Crippen LogP contribution is 2.15. The Morgan fingerprint density at radius 3 is 1.03 bits per heavy atom. The van der Waals surface area contributed by atoms with Crippen LogP contribution in [0.3, 0.4) is 0 Å². The van der Waals surface area contributed by atoms with Crippen molar-refractivity contribution in [3.05, 3.63) is 242 Å². The first kappa shape index (κ1) is 42.7. The quantitative estimate of drug-likeness (QED) is 0.0611. The number of rotatable bonds is 17. The van der Waals surface area contributed by atoms with Crippen molar-refractivity contribution >= 4 is 77.7 Å². The summed E-state index contributed by atoms with van der Waals surface area (Å²) in [6.07, 6.45) is 6.20. The van der Waals surface area contributed by atoms with Crippen LogP contribution in [0.1, 0.15) is 38.2 Å². The second-order valence-corrected chi connectivity index (χ2v) is 25.9. The third-order valence-corrected chi connectivity index (χ3v) is 24.4. The summed E-state index contributed by atoms with van der Waals surface area (Å²) < 4.78 is 14.4. The molecule has 0 amide bonds. The molecule has 0 bridgehead atoms. The summed E-state index contributed by atoms with van der Waals surface area (Å²) in [7, 11) is -7.02. The zero-order chi connectivity index (χ0) is 41.1. The molecule has 60 heavy (non-hydrogen) atoms. The molecule has 0 N–H and O–H groups in total. The number of aryl methyl sites for hydroxylation is 1. The third kappa shape index (κ3) is 10.5. The molecule has 0 fully saturated rings. The average molecular weight is 849 g/mol. The van der Waals surface area contributed by atoms with E-state index in [4.69, 9.17) is 8.23 Å². The highest BCUT2D eigenvalue weighted by molar-refractivity contribution is 7.10. The molecule has 0 unspecified atom stereocenters. The Balaban J connectivity index is 0.000000185. The van der Waals surface area contributed by atoms with E-state index in [0.29, 0.717) is 0 Å². The molecule has 0 aromatic heterocycles. The van der Waals surface area contributed by atoms with E-state index in [2.05, 4.69) is 244 Å². The minimum Gasteiger partial charge on any atom is -0.447 e. The first-order valence-corrected chi connectivity index (χ1v) is 27.8. The van der Waals surface area contributed by atoms with Gasteiger partial charge in [-0.05, 0) is 59.9 Å². The lowest BCUT2D eigenvalue weighted by molar-refractivity contribution is 0.628. The van der Waals surface area contributed by atoms with Crippen LogP contribution in [0.4, 0.5) is 0 Å². The van der Waals surface area contributed by atoms with Crippen molar-refractivity contribution in [1.29, 1.82) is 0 Å². The zero-order valence-corrected chi connectivity index (χ0v) is 39.6. The van der Waals surface area contributed by atoms with Crippen LogP contribution in [0, 0.1) is 0 Å². The highest BCUT2D eigenvalue weighted by atomic mass is 28.4. The van der Waals surface area contributed by atoms with Crippen molar-refractivity contribution in [2.75, 3.05) is 0 Å². The van der Waals surface area contributed by atoms with Crippen molar-refractivity contribution in [3.63, 3.8) is 0 Å². The Morgan fingerprint density at radius 1 is 0.333 bits per heavy atom. The largest absolute Gasteiger partial charge is 0.447 e. The monoisotopic (exact) mass is 848 g/mol. The summed E-state index contributed by atoms with van der Waals surface area (Å²) in [6, 6.07) is 84.8. The highest BCUT2D eigenvalue weighted by Gasteiger charge is 2.43. The minimum atomic E-state index is -2.66. The third-order valence-electron chi connectivity index (χ3n) is 11.2. The van der Waals surface area contributed by atoms with Gasteiger partial charge >= 0.3 is 0 Å². The number of benzene rings is 8. The fourth-order valence-corrected chi connectivity index (χ4v) is 22.4. The molecule has 6 heteroatoms. The van der Waals surface area contributed by atoms with Crippen molar-refractivity contribution in [3.8, 4) is 0 Å². The Kier molecular flexibility index (Phi) is 15.8. The smallest absolute Gasteiger partial charge is 0.278 e. The average Bonchev–Trinajstić information content (AvgIpc) is 3.34.